The summed E-state index contributed by atoms with van der Waals surface area (Å²) < 4.78 is 5.57. The molecule has 108 valence electrons. The van der Waals surface area contributed by atoms with Gasteiger partial charge in [-0.15, -0.1) is 0 Å². The summed E-state index contributed by atoms with van der Waals surface area (Å²) in [6.07, 6.45) is 3.71. The van der Waals surface area contributed by atoms with E-state index in [1.165, 1.54) is 30.4 Å². The molecule has 1 N–H and O–H groups in total. The van der Waals surface area contributed by atoms with Gasteiger partial charge in [-0.25, -0.2) is 0 Å². The molecule has 0 aliphatic rings. The second-order valence-electron chi connectivity index (χ2n) is 5.46. The summed E-state index contributed by atoms with van der Waals surface area (Å²) in [4.78, 5) is 0. The molecule has 0 radical (unpaired) electrons. The fourth-order valence-corrected chi connectivity index (χ4v) is 2.31. The van der Waals surface area contributed by atoms with Crippen LogP contribution >= 0.6 is 0 Å². The molecule has 2 aromatic rings. The number of aryl methyl sites for hydroxylation is 2. The predicted octanol–water partition coefficient (Wildman–Crippen LogP) is 4.78. The minimum absolute atomic E-state index is 0.334. The highest BCUT2D eigenvalue weighted by Crippen LogP contribution is 2.16. The van der Waals surface area contributed by atoms with Gasteiger partial charge in [-0.05, 0) is 49.9 Å². The molecule has 0 saturated heterocycles. The molecule has 0 bridgehead atoms. The predicted molar refractivity (Wildman–Crippen MR) is 83.8 cm³/mol. The molecular weight excluding hydrogens is 246 g/mol. The van der Waals surface area contributed by atoms with Crippen LogP contribution in [0.3, 0.4) is 0 Å². The summed E-state index contributed by atoms with van der Waals surface area (Å²) in [7, 11) is 0. The summed E-state index contributed by atoms with van der Waals surface area (Å²) in [5, 5.41) is 3.50. The van der Waals surface area contributed by atoms with Crippen LogP contribution in [0.5, 0.6) is 0 Å². The van der Waals surface area contributed by atoms with E-state index in [-0.39, 0.29) is 0 Å². The Labute approximate surface area is 122 Å². The average molecular weight is 271 g/mol. The number of hydrogen-bond donors (Lipinski definition) is 1. The number of benzene rings is 1. The fourth-order valence-electron chi connectivity index (χ4n) is 2.31. The first-order valence-electron chi connectivity index (χ1n) is 7.56. The van der Waals surface area contributed by atoms with E-state index in [9.17, 15) is 0 Å². The lowest BCUT2D eigenvalue weighted by Gasteiger charge is -2.14. The van der Waals surface area contributed by atoms with Crippen LogP contribution < -0.4 is 5.32 Å². The summed E-state index contributed by atoms with van der Waals surface area (Å²) >= 11 is 0. The normalized spacial score (nSPS) is 12.6. The lowest BCUT2D eigenvalue weighted by molar-refractivity contribution is 0.444. The molecule has 2 heteroatoms. The van der Waals surface area contributed by atoms with Crippen molar-refractivity contribution in [3.63, 3.8) is 0 Å². The van der Waals surface area contributed by atoms with E-state index in [0.29, 0.717) is 6.04 Å². The summed E-state index contributed by atoms with van der Waals surface area (Å²) in [5.74, 6) is 1.96. The third kappa shape index (κ3) is 4.24. The van der Waals surface area contributed by atoms with Crippen molar-refractivity contribution in [1.82, 2.24) is 5.32 Å². The Bertz CT molecular complexity index is 512. The molecule has 20 heavy (non-hydrogen) atoms. The lowest BCUT2D eigenvalue weighted by atomic mass is 10.0. The molecule has 1 aromatic heterocycles. The maximum Gasteiger partial charge on any atom is 0.117 e. The van der Waals surface area contributed by atoms with E-state index in [2.05, 4.69) is 43.4 Å². The van der Waals surface area contributed by atoms with Crippen LogP contribution in [-0.4, -0.2) is 0 Å². The Morgan fingerprint density at radius 1 is 1.10 bits per heavy atom. The first-order valence-corrected chi connectivity index (χ1v) is 7.56. The van der Waals surface area contributed by atoms with Crippen LogP contribution in [-0.2, 0) is 13.0 Å². The van der Waals surface area contributed by atoms with Gasteiger partial charge in [-0.3, -0.25) is 0 Å². The number of unbranched alkanes of at least 4 members (excludes halogenated alkanes) is 1. The van der Waals surface area contributed by atoms with Crippen molar-refractivity contribution in [1.29, 1.82) is 0 Å². The largest absolute Gasteiger partial charge is 0.465 e. The van der Waals surface area contributed by atoms with E-state index >= 15 is 0 Å². The van der Waals surface area contributed by atoms with Gasteiger partial charge in [0.2, 0.25) is 0 Å². The molecule has 0 fully saturated rings. The molecule has 1 unspecified atom stereocenters. The maximum atomic E-state index is 5.57. The number of furan rings is 1. The zero-order valence-electron chi connectivity index (χ0n) is 12.8. The summed E-state index contributed by atoms with van der Waals surface area (Å²) in [5.41, 5.74) is 2.76. The Balaban J connectivity index is 1.86. The standard InChI is InChI=1S/C18H25NO/c1-4-5-6-16-8-10-17(11-9-16)15(3)19-13-18-12-7-14(2)20-18/h7-12,15,19H,4-6,13H2,1-3H3. The molecule has 0 aliphatic carbocycles. The molecule has 1 aromatic carbocycles. The van der Waals surface area contributed by atoms with Crippen LogP contribution in [0.1, 0.15) is 55.4 Å². The highest BCUT2D eigenvalue weighted by molar-refractivity contribution is 5.25. The zero-order valence-corrected chi connectivity index (χ0v) is 12.8. The van der Waals surface area contributed by atoms with E-state index < -0.39 is 0 Å². The van der Waals surface area contributed by atoms with Crippen LogP contribution in [0.2, 0.25) is 0 Å². The van der Waals surface area contributed by atoms with Crippen molar-refractivity contribution in [3.8, 4) is 0 Å². The van der Waals surface area contributed by atoms with Crippen LogP contribution in [0.4, 0.5) is 0 Å². The van der Waals surface area contributed by atoms with Gasteiger partial charge >= 0.3 is 0 Å². The van der Waals surface area contributed by atoms with Gasteiger partial charge in [0, 0.05) is 6.04 Å². The first-order chi connectivity index (χ1) is 9.69. The molecule has 0 aliphatic heterocycles. The Morgan fingerprint density at radius 2 is 1.85 bits per heavy atom. The average Bonchev–Trinajstić information content (AvgIpc) is 2.89. The first kappa shape index (κ1) is 14.9. The van der Waals surface area contributed by atoms with E-state index in [0.717, 1.165) is 18.1 Å². The molecule has 2 rings (SSSR count). The second-order valence-corrected chi connectivity index (χ2v) is 5.46. The van der Waals surface area contributed by atoms with Gasteiger partial charge < -0.3 is 9.73 Å². The fraction of sp³-hybridized carbons (Fsp3) is 0.444. The molecule has 1 atom stereocenters. The highest BCUT2D eigenvalue weighted by Gasteiger charge is 2.06. The van der Waals surface area contributed by atoms with Crippen molar-refractivity contribution in [2.45, 2.75) is 52.6 Å². The van der Waals surface area contributed by atoms with E-state index in [1.807, 2.05) is 19.1 Å². The topological polar surface area (TPSA) is 25.2 Å². The van der Waals surface area contributed by atoms with Gasteiger partial charge in [-0.2, -0.15) is 0 Å². The van der Waals surface area contributed by atoms with Gasteiger partial charge in [0.05, 0.1) is 6.54 Å². The highest BCUT2D eigenvalue weighted by atomic mass is 16.3. The van der Waals surface area contributed by atoms with Gasteiger partial charge in [0.15, 0.2) is 0 Å². The second kappa shape index (κ2) is 7.30. The number of hydrogen-bond acceptors (Lipinski definition) is 2. The molecule has 0 amide bonds. The Kier molecular flexibility index (Phi) is 5.42. The molecule has 2 nitrogen and oxygen atoms in total. The Morgan fingerprint density at radius 3 is 2.45 bits per heavy atom. The van der Waals surface area contributed by atoms with Crippen molar-refractivity contribution in [2.24, 2.45) is 0 Å². The minimum atomic E-state index is 0.334. The molecule has 0 saturated carbocycles. The van der Waals surface area contributed by atoms with Crippen LogP contribution in [0.25, 0.3) is 0 Å². The SMILES string of the molecule is CCCCc1ccc(C(C)NCc2ccc(C)o2)cc1. The smallest absolute Gasteiger partial charge is 0.117 e. The third-order valence-corrected chi connectivity index (χ3v) is 3.68. The Hall–Kier alpha value is -1.54. The van der Waals surface area contributed by atoms with Crippen LogP contribution in [0, 0.1) is 6.92 Å². The monoisotopic (exact) mass is 271 g/mol. The number of nitrogens with one attached hydrogen (secondary N) is 1. The summed E-state index contributed by atoms with van der Waals surface area (Å²) in [6.45, 7) is 7.17. The quantitative estimate of drug-likeness (QED) is 0.784. The maximum absolute atomic E-state index is 5.57. The van der Waals surface area contributed by atoms with Gasteiger partial charge in [0.1, 0.15) is 11.5 Å². The van der Waals surface area contributed by atoms with Gasteiger partial charge in [-0.1, -0.05) is 37.6 Å². The van der Waals surface area contributed by atoms with Crippen molar-refractivity contribution < 1.29 is 4.42 Å². The molecular formula is C18H25NO. The van der Waals surface area contributed by atoms with Crippen molar-refractivity contribution in [3.05, 3.63) is 59.0 Å². The number of rotatable bonds is 7. The summed E-state index contributed by atoms with van der Waals surface area (Å²) in [6, 6.07) is 13.3. The van der Waals surface area contributed by atoms with Crippen LogP contribution in [0.15, 0.2) is 40.8 Å². The van der Waals surface area contributed by atoms with E-state index in [4.69, 9.17) is 4.42 Å². The van der Waals surface area contributed by atoms with E-state index in [1.54, 1.807) is 0 Å². The zero-order chi connectivity index (χ0) is 14.4. The minimum Gasteiger partial charge on any atom is -0.465 e. The molecule has 0 spiro atoms. The van der Waals surface area contributed by atoms with Crippen molar-refractivity contribution in [2.75, 3.05) is 0 Å². The van der Waals surface area contributed by atoms with Crippen molar-refractivity contribution >= 4 is 0 Å². The molecule has 1 heterocycles. The third-order valence-electron chi connectivity index (χ3n) is 3.68. The lowest BCUT2D eigenvalue weighted by Crippen LogP contribution is -2.17. The van der Waals surface area contributed by atoms with Gasteiger partial charge in [0.25, 0.3) is 0 Å².